The Morgan fingerprint density at radius 1 is 1.10 bits per heavy atom. The van der Waals surface area contributed by atoms with Crippen molar-refractivity contribution in [2.24, 2.45) is 5.92 Å². The zero-order valence-electron chi connectivity index (χ0n) is 17.6. The van der Waals surface area contributed by atoms with Gasteiger partial charge >= 0.3 is 5.97 Å². The summed E-state index contributed by atoms with van der Waals surface area (Å²) in [6, 6.07) is 6.51. The molecule has 166 valence electrons. The molecule has 3 unspecified atom stereocenters. The summed E-state index contributed by atoms with van der Waals surface area (Å²) in [4.78, 5) is 13.0. The first-order chi connectivity index (χ1) is 14.8. The number of hydrogen-bond acceptors (Lipinski definition) is 9. The van der Waals surface area contributed by atoms with Crippen LogP contribution in [0.15, 0.2) is 24.3 Å². The Morgan fingerprint density at radius 3 is 2.29 bits per heavy atom. The molecule has 0 saturated heterocycles. The van der Waals surface area contributed by atoms with Gasteiger partial charge in [0.05, 0.1) is 20.8 Å². The molecular formula is C22H24O9. The molecule has 4 rings (SSSR count). The molecule has 0 amide bonds. The molecule has 0 saturated carbocycles. The monoisotopic (exact) mass is 432 g/mol. The van der Waals surface area contributed by atoms with Gasteiger partial charge in [0.1, 0.15) is 11.7 Å². The van der Waals surface area contributed by atoms with E-state index in [4.69, 9.17) is 28.4 Å². The molecule has 31 heavy (non-hydrogen) atoms. The van der Waals surface area contributed by atoms with E-state index in [0.717, 1.165) is 0 Å². The van der Waals surface area contributed by atoms with Crippen molar-refractivity contribution in [3.05, 3.63) is 35.4 Å². The van der Waals surface area contributed by atoms with E-state index in [0.29, 0.717) is 28.4 Å². The van der Waals surface area contributed by atoms with E-state index in [9.17, 15) is 15.0 Å². The van der Waals surface area contributed by atoms with Crippen LogP contribution in [0.25, 0.3) is 0 Å². The number of benzene rings is 2. The van der Waals surface area contributed by atoms with Crippen molar-refractivity contribution in [1.29, 1.82) is 0 Å². The first-order valence-corrected chi connectivity index (χ1v) is 9.77. The van der Waals surface area contributed by atoms with Gasteiger partial charge < -0.3 is 38.6 Å². The van der Waals surface area contributed by atoms with Gasteiger partial charge in [0.15, 0.2) is 23.0 Å². The van der Waals surface area contributed by atoms with Crippen LogP contribution in [0.1, 0.15) is 30.9 Å². The largest absolute Gasteiger partial charge is 0.502 e. The Kier molecular flexibility index (Phi) is 5.22. The topological polar surface area (TPSA) is 113 Å². The number of methoxy groups -OCH3 is 2. The summed E-state index contributed by atoms with van der Waals surface area (Å²) in [6.45, 7) is 3.28. The lowest BCUT2D eigenvalue weighted by molar-refractivity contribution is -0.198. The highest BCUT2D eigenvalue weighted by Crippen LogP contribution is 2.53. The van der Waals surface area contributed by atoms with Gasteiger partial charge in [-0.3, -0.25) is 4.79 Å². The summed E-state index contributed by atoms with van der Waals surface area (Å²) in [5.41, 5.74) is 1.14. The number of ether oxygens (including phenoxy) is 6. The first-order valence-electron chi connectivity index (χ1n) is 9.77. The first kappa shape index (κ1) is 20.9. The maximum Gasteiger partial charge on any atom is 0.316 e. The van der Waals surface area contributed by atoms with Crippen LogP contribution in [0, 0.1) is 5.92 Å². The van der Waals surface area contributed by atoms with Gasteiger partial charge in [0, 0.05) is 24.5 Å². The number of aromatic hydroxyl groups is 1. The fourth-order valence-corrected chi connectivity index (χ4v) is 4.10. The van der Waals surface area contributed by atoms with E-state index >= 15 is 0 Å². The molecule has 0 aliphatic carbocycles. The molecule has 0 bridgehead atoms. The third-order valence-electron chi connectivity index (χ3n) is 5.47. The van der Waals surface area contributed by atoms with E-state index in [-0.39, 0.29) is 30.6 Å². The molecule has 9 heteroatoms. The minimum Gasteiger partial charge on any atom is -0.502 e. The lowest BCUT2D eigenvalue weighted by atomic mass is 9.74. The Labute approximate surface area is 179 Å². The average Bonchev–Trinajstić information content (AvgIpc) is 3.18. The Morgan fingerprint density at radius 2 is 1.71 bits per heavy atom. The Hall–Kier alpha value is -3.33. The number of carbonyl (C=O) groups excluding carboxylic acids is 1. The fourth-order valence-electron chi connectivity index (χ4n) is 4.10. The second-order valence-electron chi connectivity index (χ2n) is 7.38. The predicted octanol–water partition coefficient (Wildman–Crippen LogP) is 2.55. The van der Waals surface area contributed by atoms with Gasteiger partial charge in [-0.2, -0.15) is 0 Å². The quantitative estimate of drug-likeness (QED) is 0.688. The second-order valence-corrected chi connectivity index (χ2v) is 7.38. The molecule has 0 aromatic heterocycles. The average molecular weight is 432 g/mol. The smallest absolute Gasteiger partial charge is 0.316 e. The molecule has 9 nitrogen and oxygen atoms in total. The molecule has 3 atom stereocenters. The van der Waals surface area contributed by atoms with Crippen LogP contribution in [0.4, 0.5) is 0 Å². The van der Waals surface area contributed by atoms with Crippen LogP contribution < -0.4 is 23.7 Å². The van der Waals surface area contributed by atoms with Crippen LogP contribution in [-0.2, 0) is 9.53 Å². The maximum absolute atomic E-state index is 13.0. The van der Waals surface area contributed by atoms with Gasteiger partial charge in [-0.1, -0.05) is 0 Å². The molecule has 0 radical (unpaired) electrons. The highest BCUT2D eigenvalue weighted by molar-refractivity contribution is 5.78. The van der Waals surface area contributed by atoms with E-state index in [1.54, 1.807) is 31.2 Å². The van der Waals surface area contributed by atoms with Gasteiger partial charge in [-0.05, 0) is 30.7 Å². The molecular weight excluding hydrogens is 408 g/mol. The zero-order valence-corrected chi connectivity index (χ0v) is 17.6. The molecule has 0 fully saturated rings. The number of carbonyl (C=O) groups is 1. The summed E-state index contributed by atoms with van der Waals surface area (Å²) < 4.78 is 32.6. The minimum absolute atomic E-state index is 0.0570. The highest BCUT2D eigenvalue weighted by atomic mass is 16.7. The number of esters is 1. The van der Waals surface area contributed by atoms with Crippen molar-refractivity contribution in [2.75, 3.05) is 27.6 Å². The Bertz CT molecular complexity index is 989. The second kappa shape index (κ2) is 7.73. The van der Waals surface area contributed by atoms with Crippen molar-refractivity contribution < 1.29 is 43.4 Å². The van der Waals surface area contributed by atoms with Gasteiger partial charge in [0.25, 0.3) is 0 Å². The summed E-state index contributed by atoms with van der Waals surface area (Å²) in [5, 5.41) is 21.5. The van der Waals surface area contributed by atoms with Crippen molar-refractivity contribution >= 4 is 5.97 Å². The van der Waals surface area contributed by atoms with Crippen LogP contribution in [0.5, 0.6) is 34.5 Å². The molecule has 2 aromatic carbocycles. The summed E-state index contributed by atoms with van der Waals surface area (Å²) in [5.74, 6) is -2.93. The number of aliphatic hydroxyl groups is 1. The number of phenols is 1. The minimum atomic E-state index is -1.89. The van der Waals surface area contributed by atoms with Gasteiger partial charge in [-0.25, -0.2) is 0 Å². The van der Waals surface area contributed by atoms with E-state index in [1.807, 2.05) is 0 Å². The van der Waals surface area contributed by atoms with Crippen molar-refractivity contribution in [2.45, 2.75) is 25.6 Å². The van der Waals surface area contributed by atoms with E-state index in [2.05, 4.69) is 0 Å². The van der Waals surface area contributed by atoms with Crippen molar-refractivity contribution in [1.82, 2.24) is 0 Å². The van der Waals surface area contributed by atoms with E-state index < -0.39 is 23.6 Å². The predicted molar refractivity (Wildman–Crippen MR) is 107 cm³/mol. The summed E-state index contributed by atoms with van der Waals surface area (Å²) in [7, 11) is 2.82. The Balaban J connectivity index is 1.96. The number of fused-ring (bicyclic) bond motifs is 2. The molecule has 2 aliphatic rings. The number of phenolic OH excluding ortho intramolecular Hbond substituents is 1. The molecule has 2 heterocycles. The number of hydrogen-bond donors (Lipinski definition) is 2. The van der Waals surface area contributed by atoms with Crippen LogP contribution >= 0.6 is 0 Å². The fraction of sp³-hybridized carbons (Fsp3) is 0.409. The van der Waals surface area contributed by atoms with Crippen LogP contribution in [0.3, 0.4) is 0 Å². The van der Waals surface area contributed by atoms with Crippen molar-refractivity contribution in [3.8, 4) is 34.5 Å². The molecule has 0 spiro atoms. The zero-order chi connectivity index (χ0) is 22.3. The summed E-state index contributed by atoms with van der Waals surface area (Å²) >= 11 is 0. The highest BCUT2D eigenvalue weighted by Gasteiger charge is 2.52. The van der Waals surface area contributed by atoms with Gasteiger partial charge in [-0.15, -0.1) is 0 Å². The van der Waals surface area contributed by atoms with Crippen LogP contribution in [0.2, 0.25) is 0 Å². The lowest BCUT2D eigenvalue weighted by Gasteiger charge is -2.42. The standard InChI is InChI=1S/C22H24O9/c1-5-28-21(24)19-18(11-6-16(26-3)20(23)17(7-11)27-4)12-8-14-15(30-10-29-14)9-13(12)31-22(19,2)25/h6-9,18-19,23,25H,5,10H2,1-4H3. The molecule has 2 aliphatic heterocycles. The molecule has 2 aromatic rings. The SMILES string of the molecule is CCOC(=O)C1C(c2cc(OC)c(O)c(OC)c2)c2cc3c(cc2OC1(C)O)OCO3. The van der Waals surface area contributed by atoms with E-state index in [1.165, 1.54) is 21.1 Å². The van der Waals surface area contributed by atoms with Gasteiger partial charge in [0.2, 0.25) is 18.3 Å². The maximum atomic E-state index is 13.0. The normalized spacial score (nSPS) is 23.5. The summed E-state index contributed by atoms with van der Waals surface area (Å²) in [6.07, 6.45) is 0. The van der Waals surface area contributed by atoms with Crippen molar-refractivity contribution in [3.63, 3.8) is 0 Å². The lowest BCUT2D eigenvalue weighted by Crippen LogP contribution is -2.51. The number of rotatable bonds is 5. The van der Waals surface area contributed by atoms with Crippen LogP contribution in [-0.4, -0.2) is 49.6 Å². The third kappa shape index (κ3) is 3.44. The third-order valence-corrected chi connectivity index (χ3v) is 5.47. The molecule has 2 N–H and O–H groups in total.